The third kappa shape index (κ3) is 11.8. The highest BCUT2D eigenvalue weighted by Crippen LogP contribution is 2.22. The predicted molar refractivity (Wildman–Crippen MR) is 143 cm³/mol. The van der Waals surface area contributed by atoms with E-state index in [1.807, 2.05) is 0 Å². The van der Waals surface area contributed by atoms with Gasteiger partial charge in [0.2, 0.25) is 0 Å². The minimum absolute atomic E-state index is 1.13. The van der Waals surface area contributed by atoms with Gasteiger partial charge in [0.25, 0.3) is 0 Å². The van der Waals surface area contributed by atoms with Crippen LogP contribution in [0.2, 0.25) is 39.3 Å². The zero-order valence-electron chi connectivity index (χ0n) is 21.2. The van der Waals surface area contributed by atoms with Crippen LogP contribution in [-0.2, 0) is 12.8 Å². The van der Waals surface area contributed by atoms with E-state index in [0.29, 0.717) is 0 Å². The lowest BCUT2D eigenvalue weighted by molar-refractivity contribution is 0.662. The fourth-order valence-corrected chi connectivity index (χ4v) is 4.35. The van der Waals surface area contributed by atoms with Crippen LogP contribution in [0.4, 0.5) is 0 Å². The summed E-state index contributed by atoms with van der Waals surface area (Å²) in [6.45, 7) is 18.6. The van der Waals surface area contributed by atoms with E-state index in [0.717, 1.165) is 12.8 Å². The van der Waals surface area contributed by atoms with Gasteiger partial charge in [-0.2, -0.15) is 0 Å². The summed E-state index contributed by atoms with van der Waals surface area (Å²) in [5, 5.41) is 0. The minimum atomic E-state index is -1.40. The van der Waals surface area contributed by atoms with Crippen LogP contribution in [0.5, 0.6) is 0 Å². The van der Waals surface area contributed by atoms with Crippen molar-refractivity contribution in [3.8, 4) is 22.9 Å². The number of hydrogen-bond acceptors (Lipinski definition) is 0. The Balaban J connectivity index is 3.35. The second-order valence-electron chi connectivity index (χ2n) is 10.8. The molecule has 166 valence electrons. The van der Waals surface area contributed by atoms with Crippen LogP contribution < -0.4 is 0 Å². The van der Waals surface area contributed by atoms with E-state index in [1.165, 1.54) is 73.6 Å². The zero-order valence-corrected chi connectivity index (χ0v) is 23.2. The van der Waals surface area contributed by atoms with Gasteiger partial charge >= 0.3 is 0 Å². The molecule has 0 nitrogen and oxygen atoms in total. The average Bonchev–Trinajstić information content (AvgIpc) is 2.65. The molecule has 1 aromatic carbocycles. The van der Waals surface area contributed by atoms with E-state index >= 15 is 0 Å². The van der Waals surface area contributed by atoms with Gasteiger partial charge in [-0.05, 0) is 48.9 Å². The van der Waals surface area contributed by atoms with Gasteiger partial charge in [0.15, 0.2) is 0 Å². The van der Waals surface area contributed by atoms with Crippen LogP contribution in [0, 0.1) is 22.9 Å². The first-order chi connectivity index (χ1) is 14.1. The molecule has 0 aromatic heterocycles. The Labute approximate surface area is 190 Å². The molecule has 0 spiro atoms. The van der Waals surface area contributed by atoms with Crippen molar-refractivity contribution in [3.63, 3.8) is 0 Å². The zero-order chi connectivity index (χ0) is 22.6. The Kier molecular flexibility index (Phi) is 11.8. The Morgan fingerprint density at radius 1 is 0.567 bits per heavy atom. The topological polar surface area (TPSA) is 0 Å². The summed E-state index contributed by atoms with van der Waals surface area (Å²) in [5.74, 6) is 7.22. The molecule has 0 heterocycles. The lowest BCUT2D eigenvalue weighted by Gasteiger charge is -2.13. The van der Waals surface area contributed by atoms with Crippen LogP contribution >= 0.6 is 0 Å². The molecular weight excluding hydrogens is 392 g/mol. The molecular formula is C28H46Si2. The van der Waals surface area contributed by atoms with Gasteiger partial charge in [-0.15, -0.1) is 11.1 Å². The van der Waals surface area contributed by atoms with E-state index in [9.17, 15) is 0 Å². The van der Waals surface area contributed by atoms with Crippen molar-refractivity contribution in [3.05, 3.63) is 34.4 Å². The molecule has 0 radical (unpaired) electrons. The van der Waals surface area contributed by atoms with E-state index in [1.54, 1.807) is 0 Å². The van der Waals surface area contributed by atoms with Crippen LogP contribution in [-0.4, -0.2) is 16.1 Å². The number of rotatable bonds is 10. The minimum Gasteiger partial charge on any atom is -0.127 e. The van der Waals surface area contributed by atoms with E-state index < -0.39 is 16.1 Å². The van der Waals surface area contributed by atoms with Crippen LogP contribution in [0.15, 0.2) is 12.1 Å². The summed E-state index contributed by atoms with van der Waals surface area (Å²) in [5.41, 5.74) is 12.6. The van der Waals surface area contributed by atoms with Crippen LogP contribution in [0.25, 0.3) is 0 Å². The molecule has 2 heteroatoms. The molecule has 0 saturated heterocycles. The molecule has 0 N–H and O–H groups in total. The third-order valence-corrected chi connectivity index (χ3v) is 6.82. The van der Waals surface area contributed by atoms with Crippen molar-refractivity contribution >= 4 is 16.1 Å². The molecule has 0 atom stereocenters. The van der Waals surface area contributed by atoms with Crippen molar-refractivity contribution in [2.45, 2.75) is 117 Å². The van der Waals surface area contributed by atoms with E-state index in [2.05, 4.69) is 88.2 Å². The summed E-state index contributed by atoms with van der Waals surface area (Å²) in [6, 6.07) is 4.81. The van der Waals surface area contributed by atoms with Crippen molar-refractivity contribution in [2.75, 3.05) is 0 Å². The third-order valence-electron chi connectivity index (χ3n) is 5.07. The Bertz CT molecular complexity index is 700. The summed E-state index contributed by atoms with van der Waals surface area (Å²) < 4.78 is 0. The first-order valence-corrected chi connectivity index (χ1v) is 19.3. The number of hydrogen-bond donors (Lipinski definition) is 0. The van der Waals surface area contributed by atoms with Gasteiger partial charge in [0, 0.05) is 11.1 Å². The van der Waals surface area contributed by atoms with Gasteiger partial charge in [0.05, 0.1) is 0 Å². The molecule has 1 aromatic rings. The maximum absolute atomic E-state index is 3.62. The number of unbranched alkanes of at least 4 members (excludes halogenated alkanes) is 6. The standard InChI is InChI=1S/C28H46Si2/c1-9-11-13-15-17-25-23-28(20-22-30(6,7)8)26(18-16-14-12-10-2)24-27(25)19-21-29(3,4)5/h23-24H,9-18H2,1-8H3. The van der Waals surface area contributed by atoms with Gasteiger partial charge in [-0.25, -0.2) is 0 Å². The Morgan fingerprint density at radius 2 is 0.933 bits per heavy atom. The molecule has 0 aliphatic heterocycles. The van der Waals surface area contributed by atoms with Gasteiger partial charge < -0.3 is 0 Å². The summed E-state index contributed by atoms with van der Waals surface area (Å²) in [6.07, 6.45) is 12.6. The fraction of sp³-hybridized carbons (Fsp3) is 0.643. The summed E-state index contributed by atoms with van der Waals surface area (Å²) >= 11 is 0. The lowest BCUT2D eigenvalue weighted by atomic mass is 9.92. The molecule has 0 bridgehead atoms. The van der Waals surface area contributed by atoms with Crippen molar-refractivity contribution in [1.29, 1.82) is 0 Å². The highest BCUT2D eigenvalue weighted by atomic mass is 28.3. The maximum atomic E-state index is 3.62. The van der Waals surface area contributed by atoms with E-state index in [4.69, 9.17) is 0 Å². The second-order valence-corrected chi connectivity index (χ2v) is 20.3. The highest BCUT2D eigenvalue weighted by Gasteiger charge is 2.12. The lowest BCUT2D eigenvalue weighted by Crippen LogP contribution is -2.16. The van der Waals surface area contributed by atoms with Crippen LogP contribution in [0.3, 0.4) is 0 Å². The van der Waals surface area contributed by atoms with Crippen molar-refractivity contribution < 1.29 is 0 Å². The molecule has 0 amide bonds. The number of aryl methyl sites for hydroxylation is 2. The molecule has 0 unspecified atom stereocenters. The Morgan fingerprint density at radius 3 is 1.23 bits per heavy atom. The largest absolute Gasteiger partial charge is 0.129 e. The fourth-order valence-electron chi connectivity index (χ4n) is 3.33. The highest BCUT2D eigenvalue weighted by molar-refractivity contribution is 6.84. The Hall–Kier alpha value is -1.23. The summed E-state index contributed by atoms with van der Waals surface area (Å²) in [4.78, 5) is 0. The maximum Gasteiger partial charge on any atom is 0.129 e. The number of benzene rings is 1. The first-order valence-electron chi connectivity index (χ1n) is 12.3. The van der Waals surface area contributed by atoms with E-state index in [-0.39, 0.29) is 0 Å². The smallest absolute Gasteiger partial charge is 0.127 e. The average molecular weight is 439 g/mol. The SMILES string of the molecule is CCCCCCc1cc(C#C[Si](C)(C)C)c(CCCCCC)cc1C#C[Si](C)(C)C. The molecule has 0 saturated carbocycles. The molecule has 30 heavy (non-hydrogen) atoms. The van der Waals surface area contributed by atoms with Crippen molar-refractivity contribution in [2.24, 2.45) is 0 Å². The second kappa shape index (κ2) is 13.2. The van der Waals surface area contributed by atoms with Crippen LogP contribution in [0.1, 0.15) is 87.5 Å². The van der Waals surface area contributed by atoms with Gasteiger partial charge in [-0.3, -0.25) is 0 Å². The first kappa shape index (κ1) is 26.8. The van der Waals surface area contributed by atoms with Crippen molar-refractivity contribution in [1.82, 2.24) is 0 Å². The monoisotopic (exact) mass is 438 g/mol. The predicted octanol–water partition coefficient (Wildman–Crippen LogP) is 8.39. The quantitative estimate of drug-likeness (QED) is 0.195. The summed E-state index contributed by atoms with van der Waals surface area (Å²) in [7, 11) is -2.80. The molecule has 1 rings (SSSR count). The van der Waals surface area contributed by atoms with Gasteiger partial charge in [0.1, 0.15) is 16.1 Å². The molecule has 0 fully saturated rings. The molecule has 0 aliphatic rings. The normalized spacial score (nSPS) is 11.5. The van der Waals surface area contributed by atoms with Gasteiger partial charge in [-0.1, -0.05) is 103 Å². The molecule has 0 aliphatic carbocycles.